The van der Waals surface area contributed by atoms with E-state index in [9.17, 15) is 4.79 Å². The number of benzene rings is 2. The Labute approximate surface area is 133 Å². The quantitative estimate of drug-likeness (QED) is 0.712. The van der Waals surface area contributed by atoms with Gasteiger partial charge in [-0.3, -0.25) is 4.79 Å². The van der Waals surface area contributed by atoms with Crippen LogP contribution in [-0.2, 0) is 11.2 Å². The minimum atomic E-state index is -0.0991. The molecule has 0 unspecified atom stereocenters. The second-order valence-corrected chi connectivity index (χ2v) is 5.00. The van der Waals surface area contributed by atoms with Crippen LogP contribution in [0.3, 0.4) is 0 Å². The van der Waals surface area contributed by atoms with Crippen molar-refractivity contribution in [2.24, 2.45) is 0 Å². The Kier molecular flexibility index (Phi) is 4.25. The number of nitrogens with one attached hydrogen (secondary N) is 2. The molecule has 1 heterocycles. The van der Waals surface area contributed by atoms with Gasteiger partial charge in [-0.2, -0.15) is 0 Å². The molecule has 114 valence electrons. The fourth-order valence-corrected chi connectivity index (χ4v) is 2.27. The lowest BCUT2D eigenvalue weighted by molar-refractivity contribution is -0.115. The van der Waals surface area contributed by atoms with E-state index in [1.165, 1.54) is 0 Å². The monoisotopic (exact) mass is 305 g/mol. The van der Waals surface area contributed by atoms with Crippen LogP contribution < -0.4 is 10.1 Å². The maximum absolute atomic E-state index is 12.2. The first-order valence-electron chi connectivity index (χ1n) is 7.13. The van der Waals surface area contributed by atoms with Crippen molar-refractivity contribution in [2.75, 3.05) is 11.9 Å². The summed E-state index contributed by atoms with van der Waals surface area (Å²) in [6.45, 7) is 0.196. The van der Waals surface area contributed by atoms with Gasteiger partial charge in [0.05, 0.1) is 23.8 Å². The van der Waals surface area contributed by atoms with E-state index < -0.39 is 0 Å². The van der Waals surface area contributed by atoms with Gasteiger partial charge in [0, 0.05) is 11.8 Å². The van der Waals surface area contributed by atoms with Gasteiger partial charge in [0.2, 0.25) is 5.91 Å². The summed E-state index contributed by atoms with van der Waals surface area (Å²) >= 11 is 0. The van der Waals surface area contributed by atoms with Crippen LogP contribution >= 0.6 is 0 Å². The number of carbonyl (C=O) groups excluding carboxylic acids is 1. The zero-order valence-electron chi connectivity index (χ0n) is 12.4. The molecule has 0 saturated carbocycles. The number of carbonyl (C=O) groups is 1. The van der Waals surface area contributed by atoms with Crippen molar-refractivity contribution in [1.82, 2.24) is 9.97 Å². The standard InChI is InChI=1S/C18H15N3O2/c1-2-8-23-15-5-3-4-14(11-15)21-18(22)10-13-6-7-16-17(9-13)20-12-19-16/h1,3-7,9,11-12H,8,10H2,(H,19,20)(H,21,22). The van der Waals surface area contributed by atoms with Crippen molar-refractivity contribution in [3.05, 3.63) is 54.4 Å². The zero-order valence-corrected chi connectivity index (χ0v) is 12.4. The average molecular weight is 305 g/mol. The molecule has 2 aromatic carbocycles. The highest BCUT2D eigenvalue weighted by atomic mass is 16.5. The summed E-state index contributed by atoms with van der Waals surface area (Å²) in [6, 6.07) is 12.9. The molecule has 3 aromatic rings. The van der Waals surface area contributed by atoms with Crippen LogP contribution in [0.4, 0.5) is 5.69 Å². The highest BCUT2D eigenvalue weighted by molar-refractivity contribution is 5.93. The van der Waals surface area contributed by atoms with Gasteiger partial charge in [-0.05, 0) is 29.8 Å². The Hall–Kier alpha value is -3.26. The van der Waals surface area contributed by atoms with Gasteiger partial charge in [-0.15, -0.1) is 6.42 Å². The van der Waals surface area contributed by atoms with E-state index in [0.29, 0.717) is 11.4 Å². The Morgan fingerprint density at radius 3 is 3.09 bits per heavy atom. The number of hydrogen-bond donors (Lipinski definition) is 2. The van der Waals surface area contributed by atoms with Crippen LogP contribution in [0.5, 0.6) is 5.75 Å². The highest BCUT2D eigenvalue weighted by Crippen LogP contribution is 2.18. The fourth-order valence-electron chi connectivity index (χ4n) is 2.27. The lowest BCUT2D eigenvalue weighted by atomic mass is 10.1. The summed E-state index contributed by atoms with van der Waals surface area (Å²) in [6.07, 6.45) is 7.08. The molecule has 0 fully saturated rings. The molecule has 2 N–H and O–H groups in total. The van der Waals surface area contributed by atoms with Gasteiger partial charge in [-0.25, -0.2) is 4.98 Å². The summed E-state index contributed by atoms with van der Waals surface area (Å²) in [4.78, 5) is 19.4. The molecule has 1 aromatic heterocycles. The molecule has 0 aliphatic carbocycles. The molecule has 0 bridgehead atoms. The van der Waals surface area contributed by atoms with Gasteiger partial charge >= 0.3 is 0 Å². The van der Waals surface area contributed by atoms with Crippen LogP contribution in [0.2, 0.25) is 0 Å². The molecule has 0 saturated heterocycles. The molecule has 0 atom stereocenters. The number of rotatable bonds is 5. The third kappa shape index (κ3) is 3.69. The van der Waals surface area contributed by atoms with Crippen molar-refractivity contribution in [1.29, 1.82) is 0 Å². The van der Waals surface area contributed by atoms with E-state index >= 15 is 0 Å². The molecule has 0 aliphatic heterocycles. The number of hydrogen-bond acceptors (Lipinski definition) is 3. The summed E-state index contributed by atoms with van der Waals surface area (Å²) in [5, 5.41) is 2.85. The predicted molar refractivity (Wildman–Crippen MR) is 89.2 cm³/mol. The number of anilines is 1. The molecule has 1 amide bonds. The van der Waals surface area contributed by atoms with Gasteiger partial charge in [0.15, 0.2) is 0 Å². The van der Waals surface area contributed by atoms with E-state index in [1.807, 2.05) is 18.2 Å². The molecular formula is C18H15N3O2. The summed E-state index contributed by atoms with van der Waals surface area (Å²) in [7, 11) is 0. The Morgan fingerprint density at radius 1 is 1.30 bits per heavy atom. The molecule has 5 nitrogen and oxygen atoms in total. The lowest BCUT2D eigenvalue weighted by Crippen LogP contribution is -2.14. The number of ether oxygens (including phenoxy) is 1. The van der Waals surface area contributed by atoms with Crippen LogP contribution in [0, 0.1) is 12.3 Å². The maximum Gasteiger partial charge on any atom is 0.228 e. The molecule has 5 heteroatoms. The first-order chi connectivity index (χ1) is 11.2. The zero-order chi connectivity index (χ0) is 16.1. The molecular weight excluding hydrogens is 290 g/mol. The number of H-pyrrole nitrogens is 1. The van der Waals surface area contributed by atoms with Crippen molar-refractivity contribution < 1.29 is 9.53 Å². The summed E-state index contributed by atoms with van der Waals surface area (Å²) < 4.78 is 5.34. The smallest absolute Gasteiger partial charge is 0.228 e. The van der Waals surface area contributed by atoms with Crippen molar-refractivity contribution in [3.63, 3.8) is 0 Å². The van der Waals surface area contributed by atoms with Crippen LogP contribution in [0.25, 0.3) is 11.0 Å². The normalized spacial score (nSPS) is 10.2. The summed E-state index contributed by atoms with van der Waals surface area (Å²) in [5.74, 6) is 2.93. The van der Waals surface area contributed by atoms with Crippen molar-refractivity contribution >= 4 is 22.6 Å². The molecule has 0 aliphatic rings. The van der Waals surface area contributed by atoms with Gasteiger partial charge in [-0.1, -0.05) is 18.1 Å². The second-order valence-electron chi connectivity index (χ2n) is 5.00. The van der Waals surface area contributed by atoms with E-state index in [-0.39, 0.29) is 18.9 Å². The molecule has 3 rings (SSSR count). The largest absolute Gasteiger partial charge is 0.481 e. The number of terminal acetylenes is 1. The van der Waals surface area contributed by atoms with Gasteiger partial charge < -0.3 is 15.0 Å². The van der Waals surface area contributed by atoms with E-state index in [4.69, 9.17) is 11.2 Å². The van der Waals surface area contributed by atoms with E-state index in [1.54, 1.807) is 30.6 Å². The topological polar surface area (TPSA) is 67.0 Å². The number of aromatic amines is 1. The molecule has 23 heavy (non-hydrogen) atoms. The minimum absolute atomic E-state index is 0.0991. The first kappa shape index (κ1) is 14.7. The van der Waals surface area contributed by atoms with Crippen molar-refractivity contribution in [2.45, 2.75) is 6.42 Å². The Bertz CT molecular complexity index is 877. The summed E-state index contributed by atoms with van der Waals surface area (Å²) in [5.41, 5.74) is 3.39. The van der Waals surface area contributed by atoms with Crippen LogP contribution in [-0.4, -0.2) is 22.5 Å². The van der Waals surface area contributed by atoms with Gasteiger partial charge in [0.25, 0.3) is 0 Å². The van der Waals surface area contributed by atoms with Crippen LogP contribution in [0.1, 0.15) is 5.56 Å². The Morgan fingerprint density at radius 2 is 2.22 bits per heavy atom. The first-order valence-corrected chi connectivity index (χ1v) is 7.13. The number of fused-ring (bicyclic) bond motifs is 1. The van der Waals surface area contributed by atoms with Crippen LogP contribution in [0.15, 0.2) is 48.8 Å². The second kappa shape index (κ2) is 6.67. The Balaban J connectivity index is 1.65. The van der Waals surface area contributed by atoms with Gasteiger partial charge in [0.1, 0.15) is 12.4 Å². The SMILES string of the molecule is C#CCOc1cccc(NC(=O)Cc2ccc3nc[nH]c3c2)c1. The van der Waals surface area contributed by atoms with E-state index in [2.05, 4.69) is 21.2 Å². The fraction of sp³-hybridized carbons (Fsp3) is 0.111. The predicted octanol–water partition coefficient (Wildman–Crippen LogP) is 2.76. The third-order valence-corrected chi connectivity index (χ3v) is 3.29. The third-order valence-electron chi connectivity index (χ3n) is 3.29. The number of aromatic nitrogens is 2. The minimum Gasteiger partial charge on any atom is -0.481 e. The highest BCUT2D eigenvalue weighted by Gasteiger charge is 2.06. The van der Waals surface area contributed by atoms with Crippen molar-refractivity contribution in [3.8, 4) is 18.1 Å². The number of imidazole rings is 1. The molecule has 0 radical (unpaired) electrons. The number of nitrogens with zero attached hydrogens (tertiary/aromatic N) is 1. The molecule has 0 spiro atoms. The number of amides is 1. The van der Waals surface area contributed by atoms with E-state index in [0.717, 1.165) is 16.6 Å². The lowest BCUT2D eigenvalue weighted by Gasteiger charge is -2.08. The average Bonchev–Trinajstić information content (AvgIpc) is 3.01. The maximum atomic E-state index is 12.2.